The lowest BCUT2D eigenvalue weighted by Gasteiger charge is -2.47. The van der Waals surface area contributed by atoms with Gasteiger partial charge in [-0.3, -0.25) is 4.40 Å². The van der Waals surface area contributed by atoms with Gasteiger partial charge in [0.25, 0.3) is 0 Å². The highest BCUT2D eigenvalue weighted by Crippen LogP contribution is 2.57. The minimum atomic E-state index is -4.41. The van der Waals surface area contributed by atoms with Crippen LogP contribution < -0.4 is 5.32 Å². The fourth-order valence-corrected chi connectivity index (χ4v) is 5.30. The van der Waals surface area contributed by atoms with E-state index in [0.717, 1.165) is 28.9 Å². The molecular weight excluding hydrogens is 385 g/mol. The maximum Gasteiger partial charge on any atom is 0.405 e. The van der Waals surface area contributed by atoms with Crippen molar-refractivity contribution < 1.29 is 18.0 Å². The molecule has 1 saturated carbocycles. The molecule has 2 N–H and O–H groups in total. The van der Waals surface area contributed by atoms with Gasteiger partial charge in [0.2, 0.25) is 0 Å². The molecule has 3 aromatic rings. The lowest BCUT2D eigenvalue weighted by Crippen LogP contribution is -2.44. The third-order valence-corrected chi connectivity index (χ3v) is 6.50. The molecule has 0 radical (unpaired) electrons. The minimum absolute atomic E-state index is 0.209. The van der Waals surface area contributed by atoms with E-state index in [0.29, 0.717) is 24.9 Å². The predicted molar refractivity (Wildman–Crippen MR) is 99.4 cm³/mol. The van der Waals surface area contributed by atoms with Crippen molar-refractivity contribution >= 4 is 22.8 Å². The summed E-state index contributed by atoms with van der Waals surface area (Å²) in [6.07, 6.45) is 1.97. The Hall–Kier alpha value is -2.78. The number of likely N-dealkylation sites (tertiary alicyclic amines) is 1. The molecule has 2 aliphatic rings. The molecule has 154 valence electrons. The second kappa shape index (κ2) is 6.36. The van der Waals surface area contributed by atoms with Crippen LogP contribution >= 0.6 is 0 Å². The Labute approximate surface area is 164 Å². The number of hydrogen-bond acceptors (Lipinski definition) is 3. The van der Waals surface area contributed by atoms with E-state index in [1.54, 1.807) is 6.20 Å². The van der Waals surface area contributed by atoms with Crippen LogP contribution in [0, 0.1) is 17.8 Å². The highest BCUT2D eigenvalue weighted by molar-refractivity contribution is 5.75. The van der Waals surface area contributed by atoms with Crippen molar-refractivity contribution in [3.8, 4) is 0 Å². The third kappa shape index (κ3) is 2.84. The summed E-state index contributed by atoms with van der Waals surface area (Å²) in [4.78, 5) is 25.8. The molecule has 0 aromatic carbocycles. The molecule has 3 unspecified atom stereocenters. The summed E-state index contributed by atoms with van der Waals surface area (Å²) < 4.78 is 39.4. The van der Waals surface area contributed by atoms with Gasteiger partial charge in [0.1, 0.15) is 6.54 Å². The lowest BCUT2D eigenvalue weighted by atomic mass is 9.56. The Morgan fingerprint density at radius 2 is 2.07 bits per heavy atom. The molecule has 0 bridgehead atoms. The van der Waals surface area contributed by atoms with Crippen LogP contribution in [-0.4, -0.2) is 56.1 Å². The number of aromatic amines is 1. The second-order valence-corrected chi connectivity index (χ2v) is 7.95. The average molecular weight is 406 g/mol. The number of alkyl halides is 3. The molecular formula is C19H21F3N6O. The van der Waals surface area contributed by atoms with E-state index in [1.807, 2.05) is 23.8 Å². The molecule has 7 nitrogen and oxygen atoms in total. The molecule has 0 spiro atoms. The second-order valence-electron chi connectivity index (χ2n) is 7.95. The maximum absolute atomic E-state index is 12.4. The molecule has 4 atom stereocenters. The Morgan fingerprint density at radius 1 is 1.28 bits per heavy atom. The van der Waals surface area contributed by atoms with Gasteiger partial charge >= 0.3 is 12.2 Å². The SMILES string of the molecule is CC[C@H]1C2CN(C(=O)NCC(F)(F)F)CC2C1c1cnc2cnc3[nH]ccc3n12. The summed E-state index contributed by atoms with van der Waals surface area (Å²) in [7, 11) is 0. The summed E-state index contributed by atoms with van der Waals surface area (Å²) in [6, 6.07) is 1.32. The number of carbonyl (C=O) groups is 1. The summed E-state index contributed by atoms with van der Waals surface area (Å²) in [5.74, 6) is 1.10. The van der Waals surface area contributed by atoms with E-state index < -0.39 is 18.8 Å². The molecule has 10 heteroatoms. The molecule has 29 heavy (non-hydrogen) atoms. The summed E-state index contributed by atoms with van der Waals surface area (Å²) >= 11 is 0. The van der Waals surface area contributed by atoms with Gasteiger partial charge in [-0.1, -0.05) is 13.3 Å². The van der Waals surface area contributed by atoms with E-state index >= 15 is 0 Å². The van der Waals surface area contributed by atoms with Gasteiger partial charge in [0.05, 0.1) is 11.7 Å². The molecule has 1 aliphatic carbocycles. The monoisotopic (exact) mass is 406 g/mol. The Kier molecular flexibility index (Phi) is 4.01. The normalized spacial score (nSPS) is 26.7. The van der Waals surface area contributed by atoms with Crippen molar-refractivity contribution in [1.29, 1.82) is 0 Å². The number of halogens is 3. The zero-order valence-electron chi connectivity index (χ0n) is 15.8. The number of H-pyrrole nitrogens is 1. The molecule has 3 aromatic heterocycles. The number of nitrogens with one attached hydrogen (secondary N) is 2. The topological polar surface area (TPSA) is 78.3 Å². The van der Waals surface area contributed by atoms with Gasteiger partial charge in [0.15, 0.2) is 11.3 Å². The van der Waals surface area contributed by atoms with Gasteiger partial charge in [-0.15, -0.1) is 0 Å². The minimum Gasteiger partial charge on any atom is -0.345 e. The summed E-state index contributed by atoms with van der Waals surface area (Å²) in [5.41, 5.74) is 3.58. The Balaban J connectivity index is 1.42. The van der Waals surface area contributed by atoms with Gasteiger partial charge < -0.3 is 15.2 Å². The van der Waals surface area contributed by atoms with Crippen molar-refractivity contribution in [1.82, 2.24) is 29.6 Å². The van der Waals surface area contributed by atoms with E-state index in [4.69, 9.17) is 0 Å². The van der Waals surface area contributed by atoms with E-state index in [1.165, 1.54) is 4.90 Å². The van der Waals surface area contributed by atoms with Crippen LogP contribution in [0.15, 0.2) is 24.7 Å². The summed E-state index contributed by atoms with van der Waals surface area (Å²) in [5, 5.41) is 2.00. The molecule has 4 heterocycles. The first-order valence-electron chi connectivity index (χ1n) is 9.76. The molecule has 1 saturated heterocycles. The van der Waals surface area contributed by atoms with Gasteiger partial charge in [-0.05, 0) is 23.8 Å². The predicted octanol–water partition coefficient (Wildman–Crippen LogP) is 3.15. The molecule has 2 amide bonds. The first kappa shape index (κ1) is 18.3. The zero-order valence-corrected chi connectivity index (χ0v) is 15.8. The fourth-order valence-electron chi connectivity index (χ4n) is 5.30. The van der Waals surface area contributed by atoms with E-state index in [9.17, 15) is 18.0 Å². The number of amides is 2. The summed E-state index contributed by atoms with van der Waals surface area (Å²) in [6.45, 7) is 1.78. The first-order chi connectivity index (χ1) is 13.9. The van der Waals surface area contributed by atoms with E-state index in [-0.39, 0.29) is 11.8 Å². The Morgan fingerprint density at radius 3 is 2.83 bits per heavy atom. The van der Waals surface area contributed by atoms with Gasteiger partial charge in [0, 0.05) is 37.1 Å². The molecule has 5 rings (SSSR count). The number of aromatic nitrogens is 4. The number of fused-ring (bicyclic) bond motifs is 4. The number of nitrogens with zero attached hydrogens (tertiary/aromatic N) is 4. The van der Waals surface area contributed by atoms with Crippen molar-refractivity contribution in [2.75, 3.05) is 19.6 Å². The van der Waals surface area contributed by atoms with Gasteiger partial charge in [-0.25, -0.2) is 14.8 Å². The number of hydrogen-bond donors (Lipinski definition) is 2. The van der Waals surface area contributed by atoms with Crippen molar-refractivity contribution in [3.63, 3.8) is 0 Å². The maximum atomic E-state index is 12.4. The lowest BCUT2D eigenvalue weighted by molar-refractivity contribution is -0.123. The van der Waals surface area contributed by atoms with Crippen molar-refractivity contribution in [3.05, 3.63) is 30.4 Å². The number of rotatable bonds is 3. The number of imidazole rings is 1. The van der Waals surface area contributed by atoms with Crippen LogP contribution in [0.2, 0.25) is 0 Å². The van der Waals surface area contributed by atoms with Crippen LogP contribution in [0.4, 0.5) is 18.0 Å². The number of urea groups is 1. The van der Waals surface area contributed by atoms with Crippen LogP contribution in [0.25, 0.3) is 16.8 Å². The zero-order chi connectivity index (χ0) is 20.3. The molecule has 1 aliphatic heterocycles. The van der Waals surface area contributed by atoms with Crippen LogP contribution in [0.5, 0.6) is 0 Å². The van der Waals surface area contributed by atoms with E-state index in [2.05, 4.69) is 26.3 Å². The van der Waals surface area contributed by atoms with Crippen LogP contribution in [0.1, 0.15) is 25.0 Å². The van der Waals surface area contributed by atoms with Crippen molar-refractivity contribution in [2.24, 2.45) is 17.8 Å². The van der Waals surface area contributed by atoms with Crippen molar-refractivity contribution in [2.45, 2.75) is 25.4 Å². The average Bonchev–Trinajstić information content (AvgIpc) is 3.37. The smallest absolute Gasteiger partial charge is 0.345 e. The van der Waals surface area contributed by atoms with Crippen LogP contribution in [0.3, 0.4) is 0 Å². The Bertz CT molecular complexity index is 1070. The van der Waals surface area contributed by atoms with Crippen LogP contribution in [-0.2, 0) is 0 Å². The largest absolute Gasteiger partial charge is 0.405 e. The third-order valence-electron chi connectivity index (χ3n) is 6.50. The number of carbonyl (C=O) groups excluding carboxylic acids is 1. The fraction of sp³-hybridized carbons (Fsp3) is 0.526. The van der Waals surface area contributed by atoms with Gasteiger partial charge in [-0.2, -0.15) is 13.2 Å². The highest BCUT2D eigenvalue weighted by atomic mass is 19.4. The standard InChI is InChI=1S/C19H21F3N6O/c1-2-10-11-7-27(18(29)26-9-19(20,21)22)8-12(11)16(10)14-5-24-15-6-25-17-13(28(14)15)3-4-23-17/h3-6,10-12,16,23H,2,7-9H2,1H3,(H,26,29)/t10-,11?,12?,16?/m0/s1. The quantitative estimate of drug-likeness (QED) is 0.701. The highest BCUT2D eigenvalue weighted by Gasteiger charge is 2.56. The first-order valence-corrected chi connectivity index (χ1v) is 9.76. The molecule has 2 fully saturated rings.